The summed E-state index contributed by atoms with van der Waals surface area (Å²) in [6.45, 7) is 0. The SMILES string of the molecule is COc1ccc(/C=C(/C#N)c2cccc3ccccc23)cc1Br. The smallest absolute Gasteiger partial charge is 0.133 e. The third-order valence-corrected chi connectivity index (χ3v) is 4.31. The zero-order chi connectivity index (χ0) is 16.2. The molecule has 23 heavy (non-hydrogen) atoms. The van der Waals surface area contributed by atoms with Crippen LogP contribution in [0.2, 0.25) is 0 Å². The molecule has 3 aromatic carbocycles. The lowest BCUT2D eigenvalue weighted by Crippen LogP contribution is -1.87. The van der Waals surface area contributed by atoms with Crippen LogP contribution in [-0.4, -0.2) is 7.11 Å². The summed E-state index contributed by atoms with van der Waals surface area (Å²) < 4.78 is 6.11. The lowest BCUT2D eigenvalue weighted by Gasteiger charge is -2.07. The maximum atomic E-state index is 9.62. The number of benzene rings is 3. The summed E-state index contributed by atoms with van der Waals surface area (Å²) in [5.41, 5.74) is 2.53. The van der Waals surface area contributed by atoms with E-state index in [1.54, 1.807) is 7.11 Å². The predicted octanol–water partition coefficient (Wildman–Crippen LogP) is 5.68. The molecule has 0 saturated heterocycles. The Bertz CT molecular complexity index is 933. The van der Waals surface area contributed by atoms with Gasteiger partial charge in [-0.1, -0.05) is 48.5 Å². The fourth-order valence-electron chi connectivity index (χ4n) is 2.57. The van der Waals surface area contributed by atoms with E-state index in [0.717, 1.165) is 32.1 Å². The number of hydrogen-bond acceptors (Lipinski definition) is 2. The van der Waals surface area contributed by atoms with Crippen LogP contribution in [0.15, 0.2) is 65.1 Å². The van der Waals surface area contributed by atoms with E-state index < -0.39 is 0 Å². The molecule has 0 atom stereocenters. The number of nitriles is 1. The molecule has 0 radical (unpaired) electrons. The average Bonchev–Trinajstić information content (AvgIpc) is 2.59. The first kappa shape index (κ1) is 15.3. The monoisotopic (exact) mass is 363 g/mol. The molecule has 3 aromatic rings. The van der Waals surface area contributed by atoms with E-state index in [0.29, 0.717) is 5.57 Å². The van der Waals surface area contributed by atoms with Gasteiger partial charge in [0.25, 0.3) is 0 Å². The van der Waals surface area contributed by atoms with Crippen molar-refractivity contribution in [2.75, 3.05) is 7.11 Å². The number of allylic oxidation sites excluding steroid dienone is 1. The van der Waals surface area contributed by atoms with Crippen molar-refractivity contribution < 1.29 is 4.74 Å². The quantitative estimate of drug-likeness (QED) is 0.443. The molecule has 0 N–H and O–H groups in total. The highest BCUT2D eigenvalue weighted by molar-refractivity contribution is 9.10. The zero-order valence-electron chi connectivity index (χ0n) is 12.6. The van der Waals surface area contributed by atoms with Gasteiger partial charge < -0.3 is 4.74 Å². The Kier molecular flexibility index (Phi) is 4.45. The Morgan fingerprint density at radius 2 is 1.87 bits per heavy atom. The Hall–Kier alpha value is -2.57. The third-order valence-electron chi connectivity index (χ3n) is 3.69. The lowest BCUT2D eigenvalue weighted by molar-refractivity contribution is 0.412. The fourth-order valence-corrected chi connectivity index (χ4v) is 3.13. The first-order valence-electron chi connectivity index (χ1n) is 7.16. The van der Waals surface area contributed by atoms with Gasteiger partial charge in [-0.15, -0.1) is 0 Å². The van der Waals surface area contributed by atoms with Gasteiger partial charge in [0, 0.05) is 5.56 Å². The van der Waals surface area contributed by atoms with Crippen molar-refractivity contribution in [2.45, 2.75) is 0 Å². The summed E-state index contributed by atoms with van der Waals surface area (Å²) in [6, 6.07) is 22.2. The molecule has 0 bridgehead atoms. The van der Waals surface area contributed by atoms with Crippen LogP contribution in [-0.2, 0) is 0 Å². The van der Waals surface area contributed by atoms with E-state index >= 15 is 0 Å². The second-order valence-electron chi connectivity index (χ2n) is 5.09. The van der Waals surface area contributed by atoms with Crippen molar-refractivity contribution in [3.05, 3.63) is 76.3 Å². The van der Waals surface area contributed by atoms with Crippen molar-refractivity contribution in [1.82, 2.24) is 0 Å². The van der Waals surface area contributed by atoms with Crippen molar-refractivity contribution in [1.29, 1.82) is 5.26 Å². The molecular formula is C20H14BrNO. The van der Waals surface area contributed by atoms with Crippen LogP contribution >= 0.6 is 15.9 Å². The van der Waals surface area contributed by atoms with Gasteiger partial charge in [-0.25, -0.2) is 0 Å². The van der Waals surface area contributed by atoms with Gasteiger partial charge in [0.05, 0.1) is 23.2 Å². The van der Waals surface area contributed by atoms with Gasteiger partial charge in [-0.05, 0) is 50.5 Å². The van der Waals surface area contributed by atoms with Crippen molar-refractivity contribution in [2.24, 2.45) is 0 Å². The second-order valence-corrected chi connectivity index (χ2v) is 5.94. The molecule has 2 nitrogen and oxygen atoms in total. The van der Waals surface area contributed by atoms with Gasteiger partial charge in [0.15, 0.2) is 0 Å². The fraction of sp³-hybridized carbons (Fsp3) is 0.0500. The minimum absolute atomic E-state index is 0.638. The molecule has 0 fully saturated rings. The number of nitrogens with zero attached hydrogens (tertiary/aromatic N) is 1. The number of fused-ring (bicyclic) bond motifs is 1. The van der Waals surface area contributed by atoms with Crippen molar-refractivity contribution >= 4 is 38.4 Å². The van der Waals surface area contributed by atoms with Gasteiger partial charge in [0.1, 0.15) is 5.75 Å². The van der Waals surface area contributed by atoms with Crippen LogP contribution in [0.1, 0.15) is 11.1 Å². The molecule has 0 spiro atoms. The molecule has 0 unspecified atom stereocenters. The number of methoxy groups -OCH3 is 1. The van der Waals surface area contributed by atoms with E-state index in [-0.39, 0.29) is 0 Å². The topological polar surface area (TPSA) is 33.0 Å². The maximum absolute atomic E-state index is 9.62. The molecule has 0 aliphatic heterocycles. The summed E-state index contributed by atoms with van der Waals surface area (Å²) in [7, 11) is 1.63. The molecule has 0 heterocycles. The van der Waals surface area contributed by atoms with E-state index in [2.05, 4.69) is 34.1 Å². The van der Waals surface area contributed by atoms with Gasteiger partial charge >= 0.3 is 0 Å². The number of halogens is 1. The van der Waals surface area contributed by atoms with Crippen molar-refractivity contribution in [3.8, 4) is 11.8 Å². The van der Waals surface area contributed by atoms with Crippen LogP contribution < -0.4 is 4.74 Å². The van der Waals surface area contributed by atoms with Gasteiger partial charge in [0.2, 0.25) is 0 Å². The normalized spacial score (nSPS) is 11.3. The Labute approximate surface area is 143 Å². The van der Waals surface area contributed by atoms with Crippen molar-refractivity contribution in [3.63, 3.8) is 0 Å². The molecule has 3 rings (SSSR count). The largest absolute Gasteiger partial charge is 0.496 e. The molecular weight excluding hydrogens is 350 g/mol. The van der Waals surface area contributed by atoms with Crippen LogP contribution in [0, 0.1) is 11.3 Å². The minimum atomic E-state index is 0.638. The van der Waals surface area contributed by atoms with E-state index in [1.165, 1.54) is 0 Å². The summed E-state index contributed by atoms with van der Waals surface area (Å²) in [5, 5.41) is 11.8. The second kappa shape index (κ2) is 6.68. The van der Waals surface area contributed by atoms with Crippen LogP contribution in [0.4, 0.5) is 0 Å². The highest BCUT2D eigenvalue weighted by atomic mass is 79.9. The summed E-state index contributed by atoms with van der Waals surface area (Å²) in [4.78, 5) is 0. The van der Waals surface area contributed by atoms with Crippen LogP contribution in [0.25, 0.3) is 22.4 Å². The summed E-state index contributed by atoms with van der Waals surface area (Å²) >= 11 is 3.48. The molecule has 3 heteroatoms. The number of hydrogen-bond donors (Lipinski definition) is 0. The first-order valence-corrected chi connectivity index (χ1v) is 7.95. The van der Waals surface area contributed by atoms with Gasteiger partial charge in [-0.2, -0.15) is 5.26 Å². The Morgan fingerprint density at radius 3 is 2.61 bits per heavy atom. The summed E-state index contributed by atoms with van der Waals surface area (Å²) in [5.74, 6) is 0.769. The molecule has 112 valence electrons. The van der Waals surface area contributed by atoms with Crippen LogP contribution in [0.3, 0.4) is 0 Å². The zero-order valence-corrected chi connectivity index (χ0v) is 14.2. The molecule has 0 amide bonds. The van der Waals surface area contributed by atoms with E-state index in [1.807, 2.05) is 54.6 Å². The predicted molar refractivity (Wildman–Crippen MR) is 98.1 cm³/mol. The maximum Gasteiger partial charge on any atom is 0.133 e. The van der Waals surface area contributed by atoms with E-state index in [9.17, 15) is 5.26 Å². The summed E-state index contributed by atoms with van der Waals surface area (Å²) in [6.07, 6.45) is 1.89. The van der Waals surface area contributed by atoms with E-state index in [4.69, 9.17) is 4.74 Å². The Morgan fingerprint density at radius 1 is 1.09 bits per heavy atom. The third kappa shape index (κ3) is 3.13. The highest BCUT2D eigenvalue weighted by Crippen LogP contribution is 2.29. The first-order chi connectivity index (χ1) is 11.2. The highest BCUT2D eigenvalue weighted by Gasteiger charge is 2.07. The Balaban J connectivity index is 2.12. The lowest BCUT2D eigenvalue weighted by atomic mass is 9.97. The van der Waals surface area contributed by atoms with Gasteiger partial charge in [-0.3, -0.25) is 0 Å². The number of ether oxygens (including phenoxy) is 1. The average molecular weight is 364 g/mol. The molecule has 0 saturated carbocycles. The standard InChI is InChI=1S/C20H14BrNO/c1-23-20-10-9-14(12-19(20)21)11-16(13-22)18-8-4-6-15-5-2-3-7-17(15)18/h2-12H,1H3/b16-11-. The molecule has 0 aromatic heterocycles. The minimum Gasteiger partial charge on any atom is -0.496 e. The molecule has 0 aliphatic carbocycles. The number of rotatable bonds is 3. The van der Waals surface area contributed by atoms with Crippen LogP contribution in [0.5, 0.6) is 5.75 Å². The molecule has 0 aliphatic rings.